The molecule has 1 aromatic rings. The zero-order valence-electron chi connectivity index (χ0n) is 13.5. The number of aliphatic hydroxyl groups is 3. The smallest absolute Gasteiger partial charge is 0.412 e. The molecule has 0 heterocycles. The highest BCUT2D eigenvalue weighted by Gasteiger charge is 2.29. The number of carbonyl (C=O) groups is 1. The molecule has 1 rings (SSSR count). The first kappa shape index (κ1) is 19.2. The highest BCUT2D eigenvalue weighted by Crippen LogP contribution is 2.28. The molecule has 1 aromatic carbocycles. The summed E-state index contributed by atoms with van der Waals surface area (Å²) < 4.78 is 10.4. The van der Waals surface area contributed by atoms with Crippen LogP contribution in [0.2, 0.25) is 0 Å². The number of hydrogen-bond acceptors (Lipinski definition) is 6. The molecule has 0 aliphatic heterocycles. The minimum absolute atomic E-state index is 0.119. The van der Waals surface area contributed by atoms with Crippen LogP contribution in [-0.2, 0) is 6.42 Å². The predicted octanol–water partition coefficient (Wildman–Crippen LogP) is 0.699. The van der Waals surface area contributed by atoms with Gasteiger partial charge in [-0.3, -0.25) is 0 Å². The van der Waals surface area contributed by atoms with Crippen molar-refractivity contribution in [2.75, 3.05) is 33.5 Å². The van der Waals surface area contributed by atoms with Gasteiger partial charge in [-0.1, -0.05) is 19.4 Å². The van der Waals surface area contributed by atoms with Gasteiger partial charge in [-0.25, -0.2) is 4.79 Å². The lowest BCUT2D eigenvalue weighted by molar-refractivity contribution is 0.00746. The average molecular weight is 327 g/mol. The van der Waals surface area contributed by atoms with Crippen LogP contribution in [0.5, 0.6) is 11.5 Å². The lowest BCUT2D eigenvalue weighted by atomic mass is 9.91. The minimum atomic E-state index is -1.19. The van der Waals surface area contributed by atoms with E-state index in [1.54, 1.807) is 6.07 Å². The third-order valence-corrected chi connectivity index (χ3v) is 3.58. The molecule has 0 unspecified atom stereocenters. The second-order valence-corrected chi connectivity index (χ2v) is 5.45. The second kappa shape index (κ2) is 9.34. The molecule has 0 atom stereocenters. The van der Waals surface area contributed by atoms with Gasteiger partial charge < -0.3 is 30.1 Å². The molecule has 0 aliphatic rings. The third kappa shape index (κ3) is 5.38. The number of ether oxygens (including phenoxy) is 2. The molecule has 1 amide bonds. The van der Waals surface area contributed by atoms with Crippen molar-refractivity contribution >= 4 is 6.09 Å². The molecule has 130 valence electrons. The lowest BCUT2D eigenvalue weighted by Crippen LogP contribution is -2.46. The number of methoxy groups -OCH3 is 1. The van der Waals surface area contributed by atoms with Gasteiger partial charge in [0.2, 0.25) is 0 Å². The first-order valence-corrected chi connectivity index (χ1v) is 7.49. The number of aliphatic hydroxyl groups excluding tert-OH is 3. The molecule has 23 heavy (non-hydrogen) atoms. The van der Waals surface area contributed by atoms with Gasteiger partial charge in [-0.15, -0.1) is 0 Å². The van der Waals surface area contributed by atoms with Gasteiger partial charge in [0.05, 0.1) is 32.3 Å². The van der Waals surface area contributed by atoms with Crippen LogP contribution in [0.15, 0.2) is 18.2 Å². The molecule has 0 aliphatic carbocycles. The van der Waals surface area contributed by atoms with E-state index in [-0.39, 0.29) is 12.3 Å². The van der Waals surface area contributed by atoms with Crippen molar-refractivity contribution in [3.05, 3.63) is 23.8 Å². The number of aryl methyl sites for hydroxylation is 1. The van der Waals surface area contributed by atoms with E-state index >= 15 is 0 Å². The molecule has 7 heteroatoms. The Bertz CT molecular complexity index is 493. The van der Waals surface area contributed by atoms with Crippen LogP contribution in [0.1, 0.15) is 18.9 Å². The largest absolute Gasteiger partial charge is 0.493 e. The highest BCUT2D eigenvalue weighted by molar-refractivity contribution is 5.71. The molecular weight excluding hydrogens is 302 g/mol. The van der Waals surface area contributed by atoms with E-state index in [2.05, 4.69) is 12.2 Å². The Morgan fingerprint density at radius 1 is 1.17 bits per heavy atom. The molecule has 0 radical (unpaired) electrons. The Labute approximate surface area is 135 Å². The maximum atomic E-state index is 11.9. The van der Waals surface area contributed by atoms with E-state index < -0.39 is 31.3 Å². The Hall–Kier alpha value is -1.83. The van der Waals surface area contributed by atoms with Crippen molar-refractivity contribution in [1.82, 2.24) is 5.32 Å². The molecule has 0 saturated carbocycles. The van der Waals surface area contributed by atoms with Gasteiger partial charge in [-0.2, -0.15) is 0 Å². The molecule has 0 fully saturated rings. The normalized spacial score (nSPS) is 11.2. The summed E-state index contributed by atoms with van der Waals surface area (Å²) in [7, 11) is 1.49. The summed E-state index contributed by atoms with van der Waals surface area (Å²) in [5, 5.41) is 30.0. The topological polar surface area (TPSA) is 108 Å². The Balaban J connectivity index is 2.70. The van der Waals surface area contributed by atoms with Gasteiger partial charge in [0, 0.05) is 6.54 Å². The number of carbonyl (C=O) groups excluding carboxylic acids is 1. The Morgan fingerprint density at radius 2 is 1.83 bits per heavy atom. The van der Waals surface area contributed by atoms with E-state index in [1.807, 2.05) is 12.1 Å². The number of hydrogen-bond donors (Lipinski definition) is 4. The van der Waals surface area contributed by atoms with Crippen molar-refractivity contribution in [3.8, 4) is 11.5 Å². The molecule has 0 aromatic heterocycles. The van der Waals surface area contributed by atoms with Crippen molar-refractivity contribution < 1.29 is 29.6 Å². The van der Waals surface area contributed by atoms with Crippen molar-refractivity contribution in [2.45, 2.75) is 19.8 Å². The average Bonchev–Trinajstić information content (AvgIpc) is 2.58. The highest BCUT2D eigenvalue weighted by atomic mass is 16.6. The van der Waals surface area contributed by atoms with Crippen molar-refractivity contribution in [1.29, 1.82) is 0 Å². The van der Waals surface area contributed by atoms with Gasteiger partial charge in [-0.05, 0) is 24.1 Å². The van der Waals surface area contributed by atoms with E-state index in [9.17, 15) is 20.1 Å². The van der Waals surface area contributed by atoms with Crippen LogP contribution in [0.25, 0.3) is 0 Å². The lowest BCUT2D eigenvalue weighted by Gasteiger charge is -2.27. The summed E-state index contributed by atoms with van der Waals surface area (Å²) in [6, 6.07) is 5.32. The second-order valence-electron chi connectivity index (χ2n) is 5.45. The molecule has 0 spiro atoms. The number of nitrogens with one attached hydrogen (secondary N) is 1. The van der Waals surface area contributed by atoms with E-state index in [1.165, 1.54) is 7.11 Å². The van der Waals surface area contributed by atoms with E-state index in [4.69, 9.17) is 9.47 Å². The summed E-state index contributed by atoms with van der Waals surface area (Å²) in [4.78, 5) is 11.9. The van der Waals surface area contributed by atoms with Gasteiger partial charge in [0.25, 0.3) is 0 Å². The summed E-state index contributed by atoms with van der Waals surface area (Å²) >= 11 is 0. The van der Waals surface area contributed by atoms with Crippen molar-refractivity contribution in [2.24, 2.45) is 5.41 Å². The number of amides is 1. The quantitative estimate of drug-likeness (QED) is 0.532. The standard InChI is InChI=1S/C16H25NO6/c1-3-4-12-5-6-13(14(7-12)22-2)23-15(21)17-8-16(9-18,10-19)11-20/h5-7,18-20H,3-4,8-11H2,1-2H3,(H,17,21). The van der Waals surface area contributed by atoms with Crippen LogP contribution in [-0.4, -0.2) is 54.9 Å². The maximum Gasteiger partial charge on any atom is 0.412 e. The third-order valence-electron chi connectivity index (χ3n) is 3.58. The van der Waals surface area contributed by atoms with Crippen LogP contribution in [0.3, 0.4) is 0 Å². The summed E-state index contributed by atoms with van der Waals surface area (Å²) in [5.41, 5.74) is -0.106. The first-order chi connectivity index (χ1) is 11.0. The molecule has 4 N–H and O–H groups in total. The molecule has 0 saturated heterocycles. The maximum absolute atomic E-state index is 11.9. The molecule has 7 nitrogen and oxygen atoms in total. The van der Waals surface area contributed by atoms with Crippen LogP contribution in [0.4, 0.5) is 4.79 Å². The van der Waals surface area contributed by atoms with E-state index in [0.29, 0.717) is 5.75 Å². The number of benzene rings is 1. The predicted molar refractivity (Wildman–Crippen MR) is 84.7 cm³/mol. The zero-order valence-corrected chi connectivity index (χ0v) is 13.5. The SMILES string of the molecule is CCCc1ccc(OC(=O)NCC(CO)(CO)CO)c(OC)c1. The summed E-state index contributed by atoms with van der Waals surface area (Å²) in [6.45, 7) is 0.561. The number of rotatable bonds is 9. The van der Waals surface area contributed by atoms with E-state index in [0.717, 1.165) is 18.4 Å². The summed E-state index contributed by atoms with van der Waals surface area (Å²) in [5.74, 6) is 0.719. The molecular formula is C16H25NO6. The zero-order chi connectivity index (χ0) is 17.3. The Kier molecular flexibility index (Phi) is 7.80. The van der Waals surface area contributed by atoms with Crippen LogP contribution in [0, 0.1) is 5.41 Å². The Morgan fingerprint density at radius 3 is 2.35 bits per heavy atom. The monoisotopic (exact) mass is 327 g/mol. The van der Waals surface area contributed by atoms with Crippen LogP contribution < -0.4 is 14.8 Å². The van der Waals surface area contributed by atoms with Gasteiger partial charge in [0.1, 0.15) is 0 Å². The minimum Gasteiger partial charge on any atom is -0.493 e. The molecule has 0 bridgehead atoms. The first-order valence-electron chi connectivity index (χ1n) is 7.49. The fourth-order valence-electron chi connectivity index (χ4n) is 1.95. The fraction of sp³-hybridized carbons (Fsp3) is 0.562. The fourth-order valence-corrected chi connectivity index (χ4v) is 1.95. The van der Waals surface area contributed by atoms with Gasteiger partial charge in [0.15, 0.2) is 11.5 Å². The van der Waals surface area contributed by atoms with Crippen LogP contribution >= 0.6 is 0 Å². The van der Waals surface area contributed by atoms with Crippen molar-refractivity contribution in [3.63, 3.8) is 0 Å². The summed E-state index contributed by atoms with van der Waals surface area (Å²) in [6.07, 6.45) is 1.14. The van der Waals surface area contributed by atoms with Gasteiger partial charge >= 0.3 is 6.09 Å².